The van der Waals surface area contributed by atoms with Gasteiger partial charge in [-0.15, -0.1) is 0 Å². The van der Waals surface area contributed by atoms with Crippen LogP contribution in [-0.2, 0) is 0 Å². The minimum Gasteiger partial charge on any atom is -0.397 e. The van der Waals surface area contributed by atoms with E-state index in [1.807, 2.05) is 18.0 Å². The lowest BCUT2D eigenvalue weighted by Gasteiger charge is -2.25. The van der Waals surface area contributed by atoms with Gasteiger partial charge in [0, 0.05) is 18.7 Å². The van der Waals surface area contributed by atoms with E-state index in [0.717, 1.165) is 5.69 Å². The second kappa shape index (κ2) is 4.21. The molecule has 0 fully saturated rings. The first-order valence-electron chi connectivity index (χ1n) is 4.85. The van der Waals surface area contributed by atoms with Crippen molar-refractivity contribution in [3.8, 4) is 0 Å². The number of benzene rings is 1. The van der Waals surface area contributed by atoms with Gasteiger partial charge in [0.25, 0.3) is 0 Å². The SMILES string of the molecule is CC(C)N(C)c1ccc(C(N)=O)cc1N. The van der Waals surface area contributed by atoms with Crippen molar-refractivity contribution in [3.63, 3.8) is 0 Å². The second-order valence-electron chi connectivity index (χ2n) is 3.84. The average molecular weight is 207 g/mol. The van der Waals surface area contributed by atoms with E-state index in [9.17, 15) is 4.79 Å². The average Bonchev–Trinajstić information content (AvgIpc) is 2.16. The van der Waals surface area contributed by atoms with Gasteiger partial charge in [-0.3, -0.25) is 4.79 Å². The Balaban J connectivity index is 3.08. The van der Waals surface area contributed by atoms with Gasteiger partial charge >= 0.3 is 0 Å². The van der Waals surface area contributed by atoms with Crippen LogP contribution in [0.4, 0.5) is 11.4 Å². The maximum atomic E-state index is 10.9. The number of hydrogen-bond donors (Lipinski definition) is 2. The molecule has 1 aromatic rings. The number of hydrogen-bond acceptors (Lipinski definition) is 3. The van der Waals surface area contributed by atoms with E-state index in [0.29, 0.717) is 17.3 Å². The van der Waals surface area contributed by atoms with E-state index < -0.39 is 5.91 Å². The van der Waals surface area contributed by atoms with Crippen molar-refractivity contribution >= 4 is 17.3 Å². The molecule has 0 aliphatic rings. The van der Waals surface area contributed by atoms with Gasteiger partial charge in [-0.25, -0.2) is 0 Å². The van der Waals surface area contributed by atoms with Crippen molar-refractivity contribution in [2.24, 2.45) is 5.73 Å². The summed E-state index contributed by atoms with van der Waals surface area (Å²) in [5.41, 5.74) is 12.9. The standard InChI is InChI=1S/C11H17N3O/c1-7(2)14(3)10-5-4-8(11(13)15)6-9(10)12/h4-7H,12H2,1-3H3,(H2,13,15). The van der Waals surface area contributed by atoms with Crippen LogP contribution in [-0.4, -0.2) is 19.0 Å². The normalized spacial score (nSPS) is 10.4. The Morgan fingerprint density at radius 1 is 1.40 bits per heavy atom. The fourth-order valence-corrected chi connectivity index (χ4v) is 1.31. The zero-order valence-electron chi connectivity index (χ0n) is 9.32. The van der Waals surface area contributed by atoms with Gasteiger partial charge in [0.1, 0.15) is 0 Å². The molecule has 4 nitrogen and oxygen atoms in total. The van der Waals surface area contributed by atoms with Gasteiger partial charge in [0.15, 0.2) is 0 Å². The maximum absolute atomic E-state index is 10.9. The van der Waals surface area contributed by atoms with E-state index in [2.05, 4.69) is 13.8 Å². The Labute approximate surface area is 89.9 Å². The number of primary amides is 1. The first-order chi connectivity index (χ1) is 6.93. The third-order valence-electron chi connectivity index (χ3n) is 2.47. The summed E-state index contributed by atoms with van der Waals surface area (Å²) in [4.78, 5) is 13.0. The highest BCUT2D eigenvalue weighted by Crippen LogP contribution is 2.24. The number of carbonyl (C=O) groups excluding carboxylic acids is 1. The number of nitrogen functional groups attached to an aromatic ring is 1. The van der Waals surface area contributed by atoms with Gasteiger partial charge in [0.05, 0.1) is 11.4 Å². The highest BCUT2D eigenvalue weighted by Gasteiger charge is 2.10. The highest BCUT2D eigenvalue weighted by molar-refractivity contribution is 5.94. The van der Waals surface area contributed by atoms with Crippen molar-refractivity contribution in [2.75, 3.05) is 17.7 Å². The number of amides is 1. The van der Waals surface area contributed by atoms with Gasteiger partial charge < -0.3 is 16.4 Å². The minimum absolute atomic E-state index is 0.353. The van der Waals surface area contributed by atoms with Crippen LogP contribution in [0.1, 0.15) is 24.2 Å². The zero-order valence-corrected chi connectivity index (χ0v) is 9.32. The topological polar surface area (TPSA) is 72.3 Å². The molecule has 0 radical (unpaired) electrons. The Morgan fingerprint density at radius 3 is 2.40 bits per heavy atom. The largest absolute Gasteiger partial charge is 0.397 e. The van der Waals surface area contributed by atoms with Crippen molar-refractivity contribution < 1.29 is 4.79 Å². The molecular formula is C11H17N3O. The highest BCUT2D eigenvalue weighted by atomic mass is 16.1. The van der Waals surface area contributed by atoms with Crippen LogP contribution in [0.3, 0.4) is 0 Å². The number of nitrogens with zero attached hydrogens (tertiary/aromatic N) is 1. The molecule has 4 N–H and O–H groups in total. The van der Waals surface area contributed by atoms with E-state index in [4.69, 9.17) is 11.5 Å². The number of nitrogens with two attached hydrogens (primary N) is 2. The third kappa shape index (κ3) is 2.40. The number of carbonyl (C=O) groups is 1. The molecule has 1 aromatic carbocycles. The first kappa shape index (κ1) is 11.4. The molecule has 15 heavy (non-hydrogen) atoms. The predicted octanol–water partition coefficient (Wildman–Crippen LogP) is 1.21. The van der Waals surface area contributed by atoms with Crippen LogP contribution >= 0.6 is 0 Å². The second-order valence-corrected chi connectivity index (χ2v) is 3.84. The van der Waals surface area contributed by atoms with Crippen molar-refractivity contribution in [1.29, 1.82) is 0 Å². The van der Waals surface area contributed by atoms with E-state index in [-0.39, 0.29) is 0 Å². The zero-order chi connectivity index (χ0) is 11.6. The number of rotatable bonds is 3. The summed E-state index contributed by atoms with van der Waals surface area (Å²) in [6, 6.07) is 5.46. The fraction of sp³-hybridized carbons (Fsp3) is 0.364. The molecule has 0 aliphatic carbocycles. The van der Waals surface area contributed by atoms with E-state index in [1.54, 1.807) is 12.1 Å². The maximum Gasteiger partial charge on any atom is 0.248 e. The third-order valence-corrected chi connectivity index (χ3v) is 2.47. The van der Waals surface area contributed by atoms with Crippen LogP contribution in [0, 0.1) is 0 Å². The van der Waals surface area contributed by atoms with Crippen molar-refractivity contribution in [2.45, 2.75) is 19.9 Å². The summed E-state index contributed by atoms with van der Waals surface area (Å²) in [5.74, 6) is -0.458. The molecule has 0 spiro atoms. The molecule has 1 rings (SSSR count). The fourth-order valence-electron chi connectivity index (χ4n) is 1.31. The molecule has 0 bridgehead atoms. The summed E-state index contributed by atoms with van der Waals surface area (Å²) in [6.45, 7) is 4.14. The summed E-state index contributed by atoms with van der Waals surface area (Å²) >= 11 is 0. The molecule has 1 amide bonds. The minimum atomic E-state index is -0.458. The van der Waals surface area contributed by atoms with Crippen LogP contribution in [0.15, 0.2) is 18.2 Å². The molecule has 4 heteroatoms. The van der Waals surface area contributed by atoms with Gasteiger partial charge in [-0.1, -0.05) is 0 Å². The quantitative estimate of drug-likeness (QED) is 0.732. The number of anilines is 2. The molecule has 0 saturated carbocycles. The van der Waals surface area contributed by atoms with E-state index >= 15 is 0 Å². The lowest BCUT2D eigenvalue weighted by atomic mass is 10.1. The summed E-state index contributed by atoms with van der Waals surface area (Å²) in [7, 11) is 1.96. The summed E-state index contributed by atoms with van der Waals surface area (Å²) in [5, 5.41) is 0. The predicted molar refractivity (Wildman–Crippen MR) is 62.9 cm³/mol. The molecule has 82 valence electrons. The van der Waals surface area contributed by atoms with E-state index in [1.165, 1.54) is 0 Å². The lowest BCUT2D eigenvalue weighted by Crippen LogP contribution is -2.26. The van der Waals surface area contributed by atoms with Gasteiger partial charge in [0.2, 0.25) is 5.91 Å². The Hall–Kier alpha value is -1.71. The van der Waals surface area contributed by atoms with Crippen molar-refractivity contribution in [1.82, 2.24) is 0 Å². The summed E-state index contributed by atoms with van der Waals surface area (Å²) in [6.07, 6.45) is 0. The monoisotopic (exact) mass is 207 g/mol. The molecule has 0 aliphatic heterocycles. The molecule has 0 aromatic heterocycles. The Morgan fingerprint density at radius 2 is 2.00 bits per heavy atom. The van der Waals surface area contributed by atoms with Gasteiger partial charge in [-0.2, -0.15) is 0 Å². The van der Waals surface area contributed by atoms with Crippen LogP contribution in [0.25, 0.3) is 0 Å². The molecule has 0 unspecified atom stereocenters. The van der Waals surface area contributed by atoms with Crippen LogP contribution < -0.4 is 16.4 Å². The molecular weight excluding hydrogens is 190 g/mol. The Kier molecular flexibility index (Phi) is 3.19. The Bertz CT molecular complexity index is 374. The first-order valence-corrected chi connectivity index (χ1v) is 4.85. The van der Waals surface area contributed by atoms with Crippen molar-refractivity contribution in [3.05, 3.63) is 23.8 Å². The van der Waals surface area contributed by atoms with Crippen LogP contribution in [0.5, 0.6) is 0 Å². The molecule has 0 saturated heterocycles. The van der Waals surface area contributed by atoms with Gasteiger partial charge in [-0.05, 0) is 32.0 Å². The molecule has 0 heterocycles. The van der Waals surface area contributed by atoms with Crippen LogP contribution in [0.2, 0.25) is 0 Å². The summed E-state index contributed by atoms with van der Waals surface area (Å²) < 4.78 is 0. The smallest absolute Gasteiger partial charge is 0.248 e. The lowest BCUT2D eigenvalue weighted by molar-refractivity contribution is 0.100. The molecule has 0 atom stereocenters.